The molecule has 0 saturated carbocycles. The molecule has 3 saturated heterocycles. The molecule has 2 bridgehead atoms. The number of hydrogen-bond donors (Lipinski definition) is 1. The molecule has 1 N–H and O–H groups in total. The zero-order valence-corrected chi connectivity index (χ0v) is 14.3. The van der Waals surface area contributed by atoms with E-state index in [1.54, 1.807) is 12.1 Å². The van der Waals surface area contributed by atoms with Crippen LogP contribution < -0.4 is 10.1 Å². The molecule has 9 heteroatoms. The third-order valence-corrected chi connectivity index (χ3v) is 5.06. The summed E-state index contributed by atoms with van der Waals surface area (Å²) < 4.78 is 47.2. The van der Waals surface area contributed by atoms with Crippen molar-refractivity contribution in [3.05, 3.63) is 41.8 Å². The summed E-state index contributed by atoms with van der Waals surface area (Å²) in [5.41, 5.74) is 0.460. The highest BCUT2D eigenvalue weighted by molar-refractivity contribution is 5.94. The van der Waals surface area contributed by atoms with Gasteiger partial charge in [0.1, 0.15) is 5.75 Å². The molecule has 0 spiro atoms. The molecule has 4 heterocycles. The highest BCUT2D eigenvalue weighted by Gasteiger charge is 2.36. The Kier molecular flexibility index (Phi) is 4.55. The van der Waals surface area contributed by atoms with E-state index >= 15 is 0 Å². The number of piperidine rings is 3. The van der Waals surface area contributed by atoms with E-state index in [2.05, 4.69) is 19.6 Å². The van der Waals surface area contributed by atoms with Crippen LogP contribution in [0.3, 0.4) is 0 Å². The summed E-state index contributed by atoms with van der Waals surface area (Å²) in [7, 11) is 0. The van der Waals surface area contributed by atoms with Crippen LogP contribution in [0.4, 0.5) is 13.2 Å². The van der Waals surface area contributed by atoms with Gasteiger partial charge in [0.2, 0.25) is 5.76 Å². The van der Waals surface area contributed by atoms with Crippen LogP contribution in [0.1, 0.15) is 29.0 Å². The molecule has 3 aliphatic heterocycles. The fourth-order valence-corrected chi connectivity index (χ4v) is 3.59. The molecule has 27 heavy (non-hydrogen) atoms. The average Bonchev–Trinajstić information content (AvgIpc) is 3.12. The van der Waals surface area contributed by atoms with Gasteiger partial charge in [-0.2, -0.15) is 18.2 Å². The molecule has 1 aromatic carbocycles. The van der Waals surface area contributed by atoms with Gasteiger partial charge in [-0.1, -0.05) is 0 Å². The van der Waals surface area contributed by atoms with Crippen molar-refractivity contribution in [1.29, 1.82) is 0 Å². The largest absolute Gasteiger partial charge is 0.451 e. The number of nitrogens with one attached hydrogen (secondary N) is 1. The van der Waals surface area contributed by atoms with Crippen LogP contribution in [0.2, 0.25) is 0 Å². The molecule has 144 valence electrons. The van der Waals surface area contributed by atoms with Crippen molar-refractivity contribution in [3.8, 4) is 11.8 Å². The standard InChI is InChI=1S/C18H18F3N3O3/c19-18(20,21)15-9-22-17(27-15)26-13-3-1-12(2-4-13)16(25)23-14-10-24-7-5-11(14)6-8-24/h1-4,9,11,14H,5-8,10H2,(H,23,25). The second-order valence-corrected chi connectivity index (χ2v) is 6.83. The van der Waals surface area contributed by atoms with Crippen molar-refractivity contribution in [1.82, 2.24) is 15.2 Å². The number of oxazole rings is 1. The molecule has 3 fully saturated rings. The summed E-state index contributed by atoms with van der Waals surface area (Å²) in [5, 5.41) is 3.08. The van der Waals surface area contributed by atoms with Gasteiger partial charge in [0, 0.05) is 18.2 Å². The number of aromatic nitrogens is 1. The Bertz CT molecular complexity index is 811. The fraction of sp³-hybridized carbons (Fsp3) is 0.444. The lowest BCUT2D eigenvalue weighted by Crippen LogP contribution is -2.57. The molecule has 5 rings (SSSR count). The van der Waals surface area contributed by atoms with Gasteiger partial charge in [-0.15, -0.1) is 0 Å². The predicted molar refractivity (Wildman–Crippen MR) is 88.4 cm³/mol. The summed E-state index contributed by atoms with van der Waals surface area (Å²) in [4.78, 5) is 18.2. The highest BCUT2D eigenvalue weighted by Crippen LogP contribution is 2.32. The third-order valence-electron chi connectivity index (χ3n) is 5.06. The van der Waals surface area contributed by atoms with Crippen LogP contribution in [0.5, 0.6) is 11.8 Å². The third kappa shape index (κ3) is 3.92. The first-order valence-electron chi connectivity index (χ1n) is 8.72. The Labute approximate surface area is 153 Å². The number of hydrogen-bond acceptors (Lipinski definition) is 5. The minimum absolute atomic E-state index is 0.157. The molecular weight excluding hydrogens is 363 g/mol. The van der Waals surface area contributed by atoms with Gasteiger partial charge in [0.25, 0.3) is 5.91 Å². The number of fused-ring (bicyclic) bond motifs is 3. The summed E-state index contributed by atoms with van der Waals surface area (Å²) in [6, 6.07) is 6.24. The van der Waals surface area contributed by atoms with Gasteiger partial charge in [-0.25, -0.2) is 0 Å². The normalized spacial score (nSPS) is 24.6. The number of benzene rings is 1. The lowest BCUT2D eigenvalue weighted by molar-refractivity contribution is -0.153. The Balaban J connectivity index is 1.37. The van der Waals surface area contributed by atoms with E-state index in [1.165, 1.54) is 12.1 Å². The van der Waals surface area contributed by atoms with Crippen molar-refractivity contribution >= 4 is 5.91 Å². The molecule has 0 aliphatic carbocycles. The number of rotatable bonds is 4. The van der Waals surface area contributed by atoms with Crippen molar-refractivity contribution in [2.24, 2.45) is 5.92 Å². The Morgan fingerprint density at radius 2 is 1.93 bits per heavy atom. The number of carbonyl (C=O) groups excluding carboxylic acids is 1. The minimum atomic E-state index is -4.62. The number of halogens is 3. The molecule has 3 aliphatic rings. The average molecular weight is 381 g/mol. The lowest BCUT2D eigenvalue weighted by Gasteiger charge is -2.44. The second kappa shape index (κ2) is 6.88. The topological polar surface area (TPSA) is 67.6 Å². The van der Waals surface area contributed by atoms with E-state index in [1.807, 2.05) is 0 Å². The maximum absolute atomic E-state index is 12.5. The maximum atomic E-state index is 12.5. The van der Waals surface area contributed by atoms with E-state index in [0.717, 1.165) is 32.5 Å². The van der Waals surface area contributed by atoms with Crippen LogP contribution >= 0.6 is 0 Å². The van der Waals surface area contributed by atoms with Crippen LogP contribution in [0.25, 0.3) is 0 Å². The van der Waals surface area contributed by atoms with Crippen molar-refractivity contribution in [3.63, 3.8) is 0 Å². The number of amides is 1. The minimum Gasteiger partial charge on any atom is -0.411 e. The monoisotopic (exact) mass is 381 g/mol. The van der Waals surface area contributed by atoms with Gasteiger partial charge in [0.15, 0.2) is 0 Å². The lowest BCUT2D eigenvalue weighted by atomic mass is 9.84. The highest BCUT2D eigenvalue weighted by atomic mass is 19.4. The molecule has 1 aromatic heterocycles. The number of ether oxygens (including phenoxy) is 1. The van der Waals surface area contributed by atoms with E-state index < -0.39 is 18.0 Å². The maximum Gasteiger partial charge on any atom is 0.451 e. The zero-order valence-electron chi connectivity index (χ0n) is 14.3. The first-order chi connectivity index (χ1) is 12.9. The van der Waals surface area contributed by atoms with Crippen LogP contribution in [0, 0.1) is 5.92 Å². The smallest absolute Gasteiger partial charge is 0.411 e. The summed E-state index contributed by atoms with van der Waals surface area (Å²) in [6.45, 7) is 3.07. The van der Waals surface area contributed by atoms with E-state index in [0.29, 0.717) is 17.7 Å². The van der Waals surface area contributed by atoms with Crippen molar-refractivity contribution in [2.75, 3.05) is 19.6 Å². The first kappa shape index (κ1) is 17.8. The number of nitrogens with zero attached hydrogens (tertiary/aromatic N) is 2. The molecule has 6 nitrogen and oxygen atoms in total. The van der Waals surface area contributed by atoms with Gasteiger partial charge in [0.05, 0.1) is 6.20 Å². The van der Waals surface area contributed by atoms with Gasteiger partial charge < -0.3 is 19.4 Å². The predicted octanol–water partition coefficient (Wildman–Crippen LogP) is 3.31. The molecule has 1 atom stereocenters. The van der Waals surface area contributed by atoms with Crippen LogP contribution in [-0.4, -0.2) is 41.5 Å². The Morgan fingerprint density at radius 1 is 1.22 bits per heavy atom. The van der Waals surface area contributed by atoms with Crippen LogP contribution in [0.15, 0.2) is 34.9 Å². The van der Waals surface area contributed by atoms with E-state index in [-0.39, 0.29) is 17.7 Å². The molecular formula is C18H18F3N3O3. The molecule has 1 amide bonds. The summed E-state index contributed by atoms with van der Waals surface area (Å²) in [5.74, 6) is -0.652. The van der Waals surface area contributed by atoms with Gasteiger partial charge in [-0.05, 0) is 56.1 Å². The van der Waals surface area contributed by atoms with Crippen molar-refractivity contribution < 1.29 is 27.1 Å². The van der Waals surface area contributed by atoms with Crippen molar-refractivity contribution in [2.45, 2.75) is 25.1 Å². The van der Waals surface area contributed by atoms with Gasteiger partial charge in [-0.3, -0.25) is 4.79 Å². The number of carbonyl (C=O) groups is 1. The molecule has 1 unspecified atom stereocenters. The van der Waals surface area contributed by atoms with Gasteiger partial charge >= 0.3 is 12.3 Å². The SMILES string of the molecule is O=C(NC1CN2CCC1CC2)c1ccc(Oc2ncc(C(F)(F)F)o2)cc1. The zero-order chi connectivity index (χ0) is 19.0. The van der Waals surface area contributed by atoms with Crippen LogP contribution in [-0.2, 0) is 6.18 Å². The fourth-order valence-electron chi connectivity index (χ4n) is 3.59. The Hall–Kier alpha value is -2.55. The number of alkyl halides is 3. The van der Waals surface area contributed by atoms with E-state index in [9.17, 15) is 18.0 Å². The molecule has 0 radical (unpaired) electrons. The first-order valence-corrected chi connectivity index (χ1v) is 8.72. The van der Waals surface area contributed by atoms with E-state index in [4.69, 9.17) is 4.74 Å². The second-order valence-electron chi connectivity index (χ2n) is 6.83. The summed E-state index contributed by atoms with van der Waals surface area (Å²) >= 11 is 0. The molecule has 2 aromatic rings. The quantitative estimate of drug-likeness (QED) is 0.880. The Morgan fingerprint density at radius 3 is 2.48 bits per heavy atom. The summed E-state index contributed by atoms with van der Waals surface area (Å²) in [6.07, 6.45) is -2.36.